The Morgan fingerprint density at radius 3 is 2.43 bits per heavy atom. The number of hydrogen-bond donors (Lipinski definition) is 2. The molecule has 0 spiro atoms. The average Bonchev–Trinajstić information content (AvgIpc) is 3.00. The fraction of sp³-hybridized carbons (Fsp3) is 0.786. The van der Waals surface area contributed by atoms with Crippen LogP contribution in [0.25, 0.3) is 0 Å². The molecule has 0 amide bonds. The van der Waals surface area contributed by atoms with E-state index in [9.17, 15) is 0 Å². The first-order valence-electron chi connectivity index (χ1n) is 7.76. The molecule has 1 aliphatic rings. The van der Waals surface area contributed by atoms with Crippen molar-refractivity contribution in [3.05, 3.63) is 0 Å². The highest BCUT2D eigenvalue weighted by atomic mass is 15.3. The molecule has 7 heteroatoms. The standard InChI is InChI=1S/C14H27N7/c1-15-12-17-13(16-8-4-5-9-20(2)3)19-14(18-12)21-10-6-7-11-21/h4-11H2,1-3H3,(H2,15,16,17,18,19). The van der Waals surface area contributed by atoms with Crippen LogP contribution in [-0.2, 0) is 0 Å². The summed E-state index contributed by atoms with van der Waals surface area (Å²) in [5, 5.41) is 6.32. The number of aromatic nitrogens is 3. The summed E-state index contributed by atoms with van der Waals surface area (Å²) in [4.78, 5) is 17.8. The van der Waals surface area contributed by atoms with Crippen LogP contribution in [0.5, 0.6) is 0 Å². The SMILES string of the molecule is CNc1nc(NCCCCN(C)C)nc(N2CCCC2)n1. The fourth-order valence-corrected chi connectivity index (χ4v) is 2.37. The number of hydrogen-bond acceptors (Lipinski definition) is 7. The quantitative estimate of drug-likeness (QED) is 0.699. The lowest BCUT2D eigenvalue weighted by Gasteiger charge is -2.16. The van der Waals surface area contributed by atoms with E-state index in [0.717, 1.165) is 38.5 Å². The van der Waals surface area contributed by atoms with Crippen LogP contribution in [0.1, 0.15) is 25.7 Å². The maximum atomic E-state index is 4.54. The summed E-state index contributed by atoms with van der Waals surface area (Å²) in [5.74, 6) is 2.08. The molecular weight excluding hydrogens is 266 g/mol. The number of rotatable bonds is 8. The second-order valence-corrected chi connectivity index (χ2v) is 5.66. The van der Waals surface area contributed by atoms with Gasteiger partial charge < -0.3 is 20.4 Å². The lowest BCUT2D eigenvalue weighted by atomic mass is 10.3. The predicted molar refractivity (Wildman–Crippen MR) is 87.1 cm³/mol. The first-order chi connectivity index (χ1) is 10.2. The van der Waals surface area contributed by atoms with Gasteiger partial charge in [-0.05, 0) is 46.3 Å². The Hall–Kier alpha value is -1.63. The Bertz CT molecular complexity index is 429. The number of unbranched alkanes of at least 4 members (excludes halogenated alkanes) is 1. The number of nitrogens with one attached hydrogen (secondary N) is 2. The van der Waals surface area contributed by atoms with Gasteiger partial charge in [0.2, 0.25) is 17.8 Å². The summed E-state index contributed by atoms with van der Waals surface area (Å²) in [6.07, 6.45) is 4.71. The Morgan fingerprint density at radius 1 is 1.05 bits per heavy atom. The van der Waals surface area contributed by atoms with E-state index in [2.05, 4.69) is 49.5 Å². The monoisotopic (exact) mass is 293 g/mol. The zero-order chi connectivity index (χ0) is 15.1. The van der Waals surface area contributed by atoms with Crippen molar-refractivity contribution in [1.82, 2.24) is 19.9 Å². The van der Waals surface area contributed by atoms with Crippen molar-refractivity contribution in [1.29, 1.82) is 0 Å². The van der Waals surface area contributed by atoms with Crippen molar-refractivity contribution >= 4 is 17.8 Å². The molecule has 1 saturated heterocycles. The molecule has 0 radical (unpaired) electrons. The fourth-order valence-electron chi connectivity index (χ4n) is 2.37. The molecule has 2 N–H and O–H groups in total. The van der Waals surface area contributed by atoms with Crippen LogP contribution >= 0.6 is 0 Å². The zero-order valence-electron chi connectivity index (χ0n) is 13.4. The van der Waals surface area contributed by atoms with Crippen molar-refractivity contribution in [2.75, 3.05) is 62.9 Å². The molecule has 0 atom stereocenters. The Kier molecular flexibility index (Phi) is 5.98. The summed E-state index contributed by atoms with van der Waals surface area (Å²) < 4.78 is 0. The van der Waals surface area contributed by atoms with Crippen LogP contribution < -0.4 is 15.5 Å². The number of anilines is 3. The third kappa shape index (κ3) is 5.00. The van der Waals surface area contributed by atoms with Crippen LogP contribution in [-0.4, -0.2) is 67.2 Å². The van der Waals surface area contributed by atoms with E-state index in [4.69, 9.17) is 0 Å². The van der Waals surface area contributed by atoms with Gasteiger partial charge in [0.25, 0.3) is 0 Å². The van der Waals surface area contributed by atoms with E-state index in [1.807, 2.05) is 7.05 Å². The zero-order valence-corrected chi connectivity index (χ0v) is 13.4. The molecule has 2 rings (SSSR count). The van der Waals surface area contributed by atoms with E-state index in [1.165, 1.54) is 19.3 Å². The topological polar surface area (TPSA) is 69.2 Å². The Labute approximate surface area is 127 Å². The second-order valence-electron chi connectivity index (χ2n) is 5.66. The first kappa shape index (κ1) is 15.8. The van der Waals surface area contributed by atoms with Crippen molar-refractivity contribution < 1.29 is 0 Å². The third-order valence-corrected chi connectivity index (χ3v) is 3.55. The van der Waals surface area contributed by atoms with Gasteiger partial charge in [-0.2, -0.15) is 15.0 Å². The highest BCUT2D eigenvalue weighted by Gasteiger charge is 2.16. The molecule has 0 aromatic carbocycles. The normalized spacial score (nSPS) is 14.8. The highest BCUT2D eigenvalue weighted by Crippen LogP contribution is 2.18. The van der Waals surface area contributed by atoms with Crippen LogP contribution in [0.3, 0.4) is 0 Å². The molecule has 1 aromatic rings. The van der Waals surface area contributed by atoms with Crippen LogP contribution in [0.2, 0.25) is 0 Å². The molecule has 0 bridgehead atoms. The molecule has 2 heterocycles. The van der Waals surface area contributed by atoms with Gasteiger partial charge in [0, 0.05) is 26.7 Å². The summed E-state index contributed by atoms with van der Waals surface area (Å²) in [7, 11) is 6.03. The lowest BCUT2D eigenvalue weighted by Crippen LogP contribution is -2.22. The lowest BCUT2D eigenvalue weighted by molar-refractivity contribution is 0.396. The minimum Gasteiger partial charge on any atom is -0.357 e. The van der Waals surface area contributed by atoms with E-state index in [0.29, 0.717) is 11.9 Å². The Balaban J connectivity index is 1.90. The summed E-state index contributed by atoms with van der Waals surface area (Å²) in [6, 6.07) is 0. The van der Waals surface area contributed by atoms with Crippen molar-refractivity contribution in [2.24, 2.45) is 0 Å². The molecule has 1 fully saturated rings. The molecule has 118 valence electrons. The smallest absolute Gasteiger partial charge is 0.231 e. The maximum Gasteiger partial charge on any atom is 0.231 e. The van der Waals surface area contributed by atoms with Crippen molar-refractivity contribution in [2.45, 2.75) is 25.7 Å². The first-order valence-corrected chi connectivity index (χ1v) is 7.76. The summed E-state index contributed by atoms with van der Waals surface area (Å²) in [6.45, 7) is 4.07. The molecule has 0 unspecified atom stereocenters. The minimum absolute atomic E-state index is 0.627. The molecule has 7 nitrogen and oxygen atoms in total. The van der Waals surface area contributed by atoms with Crippen molar-refractivity contribution in [3.63, 3.8) is 0 Å². The molecular formula is C14H27N7. The van der Waals surface area contributed by atoms with Gasteiger partial charge in [-0.1, -0.05) is 0 Å². The predicted octanol–water partition coefficient (Wildman–Crippen LogP) is 1.27. The van der Waals surface area contributed by atoms with Crippen molar-refractivity contribution in [3.8, 4) is 0 Å². The van der Waals surface area contributed by atoms with E-state index < -0.39 is 0 Å². The van der Waals surface area contributed by atoms with E-state index >= 15 is 0 Å². The van der Waals surface area contributed by atoms with E-state index in [1.54, 1.807) is 0 Å². The van der Waals surface area contributed by atoms with Crippen LogP contribution in [0.4, 0.5) is 17.8 Å². The minimum atomic E-state index is 0.627. The van der Waals surface area contributed by atoms with Crippen LogP contribution in [0, 0.1) is 0 Å². The van der Waals surface area contributed by atoms with Gasteiger partial charge in [0.1, 0.15) is 0 Å². The molecule has 21 heavy (non-hydrogen) atoms. The molecule has 1 aromatic heterocycles. The number of nitrogens with zero attached hydrogens (tertiary/aromatic N) is 5. The van der Waals surface area contributed by atoms with Gasteiger partial charge in [-0.15, -0.1) is 0 Å². The maximum absolute atomic E-state index is 4.54. The molecule has 0 aliphatic carbocycles. The van der Waals surface area contributed by atoms with E-state index in [-0.39, 0.29) is 0 Å². The summed E-state index contributed by atoms with van der Waals surface area (Å²) in [5.41, 5.74) is 0. The van der Waals surface area contributed by atoms with Gasteiger partial charge in [0.05, 0.1) is 0 Å². The van der Waals surface area contributed by atoms with Crippen LogP contribution in [0.15, 0.2) is 0 Å². The molecule has 0 saturated carbocycles. The molecule has 1 aliphatic heterocycles. The van der Waals surface area contributed by atoms with Gasteiger partial charge in [-0.3, -0.25) is 0 Å². The second kappa shape index (κ2) is 7.97. The van der Waals surface area contributed by atoms with Gasteiger partial charge in [0.15, 0.2) is 0 Å². The van der Waals surface area contributed by atoms with Gasteiger partial charge >= 0.3 is 0 Å². The Morgan fingerprint density at radius 2 is 1.76 bits per heavy atom. The largest absolute Gasteiger partial charge is 0.357 e. The average molecular weight is 293 g/mol. The highest BCUT2D eigenvalue weighted by molar-refractivity contribution is 5.43. The van der Waals surface area contributed by atoms with Gasteiger partial charge in [-0.25, -0.2) is 0 Å². The third-order valence-electron chi connectivity index (χ3n) is 3.55. The summed E-state index contributed by atoms with van der Waals surface area (Å²) >= 11 is 0.